The number of nitrogens with zero attached hydrogens (tertiary/aromatic N) is 1. The van der Waals surface area contributed by atoms with Crippen LogP contribution in [0.3, 0.4) is 0 Å². The van der Waals surface area contributed by atoms with E-state index < -0.39 is 5.97 Å². The molecule has 1 aromatic heterocycles. The molecule has 5 heteroatoms. The van der Waals surface area contributed by atoms with Crippen molar-refractivity contribution in [1.82, 2.24) is 4.98 Å². The van der Waals surface area contributed by atoms with Crippen molar-refractivity contribution in [3.63, 3.8) is 0 Å². The van der Waals surface area contributed by atoms with Gasteiger partial charge in [0.2, 0.25) is 0 Å². The number of carboxylic acids is 1. The van der Waals surface area contributed by atoms with E-state index in [0.29, 0.717) is 27.8 Å². The number of rotatable bonds is 4. The fourth-order valence-corrected chi connectivity index (χ4v) is 2.69. The predicted molar refractivity (Wildman–Crippen MR) is 92.2 cm³/mol. The molecule has 0 aliphatic carbocycles. The van der Waals surface area contributed by atoms with Crippen molar-refractivity contribution in [2.24, 2.45) is 0 Å². The molecule has 3 aromatic rings. The molecule has 2 aromatic carbocycles. The molecule has 24 heavy (non-hydrogen) atoms. The summed E-state index contributed by atoms with van der Waals surface area (Å²) in [7, 11) is 0. The number of hydrogen-bond acceptors (Lipinski definition) is 3. The fourth-order valence-electron chi connectivity index (χ4n) is 2.69. The molecule has 2 N–H and O–H groups in total. The summed E-state index contributed by atoms with van der Waals surface area (Å²) < 4.78 is 13.7. The smallest absolute Gasteiger partial charge is 0.307 e. The van der Waals surface area contributed by atoms with Crippen molar-refractivity contribution >= 4 is 28.2 Å². The van der Waals surface area contributed by atoms with Crippen LogP contribution in [0.1, 0.15) is 16.8 Å². The number of aromatic nitrogens is 1. The average Bonchev–Trinajstić information content (AvgIpc) is 2.53. The van der Waals surface area contributed by atoms with Crippen molar-refractivity contribution < 1.29 is 14.3 Å². The minimum atomic E-state index is -0.956. The number of nitrogens with one attached hydrogen (secondary N) is 1. The summed E-state index contributed by atoms with van der Waals surface area (Å²) in [5.41, 5.74) is 4.31. The van der Waals surface area contributed by atoms with Crippen molar-refractivity contribution in [3.05, 3.63) is 65.1 Å². The van der Waals surface area contributed by atoms with Crippen LogP contribution in [-0.2, 0) is 11.2 Å². The molecule has 1 heterocycles. The van der Waals surface area contributed by atoms with Gasteiger partial charge in [-0.05, 0) is 44.2 Å². The van der Waals surface area contributed by atoms with E-state index in [4.69, 9.17) is 0 Å². The van der Waals surface area contributed by atoms with Gasteiger partial charge in [-0.3, -0.25) is 9.78 Å². The number of aliphatic carboxylic acids is 1. The topological polar surface area (TPSA) is 62.2 Å². The molecular formula is C19H17FN2O2. The largest absolute Gasteiger partial charge is 0.481 e. The lowest BCUT2D eigenvalue weighted by Crippen LogP contribution is -2.08. The van der Waals surface area contributed by atoms with E-state index in [2.05, 4.69) is 10.3 Å². The summed E-state index contributed by atoms with van der Waals surface area (Å²) in [6, 6.07) is 12.0. The Bertz CT molecular complexity index is 921. The maximum Gasteiger partial charge on any atom is 0.307 e. The van der Waals surface area contributed by atoms with Crippen molar-refractivity contribution in [1.29, 1.82) is 0 Å². The first-order valence-electron chi connectivity index (χ1n) is 7.58. The Balaban J connectivity index is 2.21. The van der Waals surface area contributed by atoms with E-state index in [1.54, 1.807) is 13.0 Å². The van der Waals surface area contributed by atoms with E-state index in [1.807, 2.05) is 31.2 Å². The van der Waals surface area contributed by atoms with Gasteiger partial charge < -0.3 is 10.4 Å². The minimum Gasteiger partial charge on any atom is -0.481 e. The first-order chi connectivity index (χ1) is 11.4. The van der Waals surface area contributed by atoms with E-state index in [9.17, 15) is 14.3 Å². The van der Waals surface area contributed by atoms with E-state index in [1.165, 1.54) is 12.1 Å². The molecule has 0 bridgehead atoms. The normalized spacial score (nSPS) is 10.8. The second-order valence-corrected chi connectivity index (χ2v) is 5.77. The zero-order chi connectivity index (χ0) is 17.3. The summed E-state index contributed by atoms with van der Waals surface area (Å²) in [6.45, 7) is 3.75. The van der Waals surface area contributed by atoms with E-state index in [-0.39, 0.29) is 12.2 Å². The number of pyridine rings is 1. The third-order valence-electron chi connectivity index (χ3n) is 3.90. The zero-order valence-electron chi connectivity index (χ0n) is 13.4. The van der Waals surface area contributed by atoms with Gasteiger partial charge in [0, 0.05) is 22.3 Å². The average molecular weight is 324 g/mol. The maximum absolute atomic E-state index is 13.7. The van der Waals surface area contributed by atoms with Crippen molar-refractivity contribution in [3.8, 4) is 0 Å². The zero-order valence-corrected chi connectivity index (χ0v) is 13.4. The Morgan fingerprint density at radius 1 is 1.17 bits per heavy atom. The van der Waals surface area contributed by atoms with Crippen LogP contribution >= 0.6 is 0 Å². The molecule has 0 radical (unpaired) electrons. The Morgan fingerprint density at radius 2 is 1.88 bits per heavy atom. The Morgan fingerprint density at radius 3 is 2.54 bits per heavy atom. The van der Waals surface area contributed by atoms with Gasteiger partial charge in [-0.15, -0.1) is 0 Å². The first-order valence-corrected chi connectivity index (χ1v) is 7.58. The number of benzene rings is 2. The van der Waals surface area contributed by atoms with Gasteiger partial charge in [-0.25, -0.2) is 4.39 Å². The van der Waals surface area contributed by atoms with Crippen LogP contribution in [0.5, 0.6) is 0 Å². The van der Waals surface area contributed by atoms with Crippen LogP contribution in [0.25, 0.3) is 10.9 Å². The van der Waals surface area contributed by atoms with Crippen LogP contribution in [0, 0.1) is 19.7 Å². The summed E-state index contributed by atoms with van der Waals surface area (Å²) in [4.78, 5) is 15.7. The molecule has 0 fully saturated rings. The molecule has 0 aliphatic heterocycles. The second kappa shape index (κ2) is 6.28. The van der Waals surface area contributed by atoms with Crippen LogP contribution in [0.4, 0.5) is 15.8 Å². The Hall–Kier alpha value is -2.95. The second-order valence-electron chi connectivity index (χ2n) is 5.77. The summed E-state index contributed by atoms with van der Waals surface area (Å²) >= 11 is 0. The van der Waals surface area contributed by atoms with Gasteiger partial charge in [-0.1, -0.05) is 17.7 Å². The molecule has 3 rings (SSSR count). The van der Waals surface area contributed by atoms with Gasteiger partial charge in [-0.2, -0.15) is 0 Å². The van der Waals surface area contributed by atoms with E-state index in [0.717, 1.165) is 11.3 Å². The highest BCUT2D eigenvalue weighted by atomic mass is 19.1. The third-order valence-corrected chi connectivity index (χ3v) is 3.90. The molecule has 0 atom stereocenters. The monoisotopic (exact) mass is 324 g/mol. The summed E-state index contributed by atoms with van der Waals surface area (Å²) in [5.74, 6) is -1.34. The Labute approximate surface area is 139 Å². The van der Waals surface area contributed by atoms with Gasteiger partial charge in [0.05, 0.1) is 17.6 Å². The molecule has 0 aliphatic rings. The molecule has 0 saturated carbocycles. The molecule has 0 unspecified atom stereocenters. The molecule has 0 saturated heterocycles. The Kier molecular flexibility index (Phi) is 4.16. The highest BCUT2D eigenvalue weighted by Gasteiger charge is 2.16. The molecular weight excluding hydrogens is 307 g/mol. The number of fused-ring (bicyclic) bond motifs is 1. The molecule has 122 valence electrons. The number of aryl methyl sites for hydroxylation is 2. The fraction of sp³-hybridized carbons (Fsp3) is 0.158. The molecule has 0 spiro atoms. The standard InChI is InChI=1S/C19H17FN2O2/c1-11-3-6-14(7-4-11)22-19-15(10-18(23)24)12(2)21-17-8-5-13(20)9-16(17)19/h3-9H,10H2,1-2H3,(H,21,22)(H,23,24). The van der Waals surface area contributed by atoms with Crippen molar-refractivity contribution in [2.75, 3.05) is 5.32 Å². The third kappa shape index (κ3) is 3.20. The number of halogens is 1. The highest BCUT2D eigenvalue weighted by Crippen LogP contribution is 2.32. The van der Waals surface area contributed by atoms with Gasteiger partial charge in [0.1, 0.15) is 5.82 Å². The molecule has 0 amide bonds. The maximum atomic E-state index is 13.7. The number of carbonyl (C=O) groups is 1. The lowest BCUT2D eigenvalue weighted by atomic mass is 10.0. The van der Waals surface area contributed by atoms with Crippen LogP contribution < -0.4 is 5.32 Å². The summed E-state index contributed by atoms with van der Waals surface area (Å²) in [6.07, 6.45) is -0.181. The van der Waals surface area contributed by atoms with Gasteiger partial charge in [0.25, 0.3) is 0 Å². The van der Waals surface area contributed by atoms with Crippen LogP contribution in [0.15, 0.2) is 42.5 Å². The summed E-state index contributed by atoms with van der Waals surface area (Å²) in [5, 5.41) is 13.0. The number of anilines is 2. The predicted octanol–water partition coefficient (Wildman–Crippen LogP) is 4.36. The number of hydrogen-bond donors (Lipinski definition) is 2. The van der Waals surface area contributed by atoms with Gasteiger partial charge >= 0.3 is 5.97 Å². The number of carboxylic acid groups (broad SMARTS) is 1. The molecule has 4 nitrogen and oxygen atoms in total. The SMILES string of the molecule is Cc1ccc(Nc2c(CC(=O)O)c(C)nc3ccc(F)cc23)cc1. The quantitative estimate of drug-likeness (QED) is 0.748. The minimum absolute atomic E-state index is 0.181. The lowest BCUT2D eigenvalue weighted by molar-refractivity contribution is -0.136. The highest BCUT2D eigenvalue weighted by molar-refractivity contribution is 5.96. The van der Waals surface area contributed by atoms with Gasteiger partial charge in [0.15, 0.2) is 0 Å². The van der Waals surface area contributed by atoms with Crippen LogP contribution in [0.2, 0.25) is 0 Å². The van der Waals surface area contributed by atoms with Crippen molar-refractivity contribution in [2.45, 2.75) is 20.3 Å². The van der Waals surface area contributed by atoms with Crippen LogP contribution in [-0.4, -0.2) is 16.1 Å². The van der Waals surface area contributed by atoms with E-state index >= 15 is 0 Å². The first kappa shape index (κ1) is 15.9. The lowest BCUT2D eigenvalue weighted by Gasteiger charge is -2.16.